The van der Waals surface area contributed by atoms with Gasteiger partial charge in [0, 0.05) is 50.5 Å². The quantitative estimate of drug-likeness (QED) is 0.871. The summed E-state index contributed by atoms with van der Waals surface area (Å²) in [7, 11) is 4.24. The Balaban J connectivity index is 1.61. The maximum atomic E-state index is 12.4. The lowest BCUT2D eigenvalue weighted by molar-refractivity contribution is 0.0946. The van der Waals surface area contributed by atoms with E-state index in [0.717, 1.165) is 24.3 Å². The van der Waals surface area contributed by atoms with Crippen molar-refractivity contribution in [3.63, 3.8) is 0 Å². The third kappa shape index (κ3) is 4.54. The maximum absolute atomic E-state index is 12.4. The number of rotatable bonds is 6. The number of nitrogens with one attached hydrogen (secondary N) is 1. The average Bonchev–Trinajstić information content (AvgIpc) is 3.05. The number of anilines is 1. The highest BCUT2D eigenvalue weighted by Gasteiger charge is 2.22. The van der Waals surface area contributed by atoms with Gasteiger partial charge >= 0.3 is 0 Å². The molecule has 2 aromatic rings. The average molecular weight is 339 g/mol. The fraction of sp³-hybridized carbons (Fsp3) is 0.421. The summed E-state index contributed by atoms with van der Waals surface area (Å²) in [5.41, 5.74) is 2.42. The Kier molecular flexibility index (Phi) is 5.60. The van der Waals surface area contributed by atoms with Crippen LogP contribution in [0.5, 0.6) is 0 Å². The van der Waals surface area contributed by atoms with Crippen LogP contribution in [0.4, 0.5) is 5.69 Å². The summed E-state index contributed by atoms with van der Waals surface area (Å²) in [6, 6.07) is 8.17. The molecule has 6 nitrogen and oxygen atoms in total. The van der Waals surface area contributed by atoms with Crippen molar-refractivity contribution in [1.82, 2.24) is 20.2 Å². The van der Waals surface area contributed by atoms with Crippen molar-refractivity contribution in [3.05, 3.63) is 54.1 Å². The summed E-state index contributed by atoms with van der Waals surface area (Å²) in [5, 5.41) is 2.89. The molecule has 1 aliphatic heterocycles. The number of likely N-dealkylation sites (N-methyl/N-ethyl adjacent to an activating group) is 2. The Morgan fingerprint density at radius 3 is 3.00 bits per heavy atom. The van der Waals surface area contributed by atoms with Gasteiger partial charge in [0.05, 0.1) is 0 Å². The molecule has 6 heteroatoms. The molecule has 0 radical (unpaired) electrons. The zero-order valence-electron chi connectivity index (χ0n) is 14.9. The molecular formula is C19H25N5O. The van der Waals surface area contributed by atoms with Crippen LogP contribution in [-0.4, -0.2) is 54.0 Å². The Morgan fingerprint density at radius 2 is 2.28 bits per heavy atom. The molecule has 0 aromatic carbocycles. The highest BCUT2D eigenvalue weighted by Crippen LogP contribution is 2.19. The molecule has 0 saturated carbocycles. The molecule has 1 fully saturated rings. The van der Waals surface area contributed by atoms with E-state index in [-0.39, 0.29) is 5.91 Å². The molecule has 1 unspecified atom stereocenters. The minimum Gasteiger partial charge on any atom is -0.373 e. The number of nitrogens with zero attached hydrogens (tertiary/aromatic N) is 4. The van der Waals surface area contributed by atoms with Crippen LogP contribution in [0.25, 0.3) is 0 Å². The third-order valence-electron chi connectivity index (χ3n) is 4.75. The zero-order chi connectivity index (χ0) is 17.6. The van der Waals surface area contributed by atoms with Crippen molar-refractivity contribution < 1.29 is 4.79 Å². The van der Waals surface area contributed by atoms with E-state index in [9.17, 15) is 4.79 Å². The second kappa shape index (κ2) is 8.07. The van der Waals surface area contributed by atoms with E-state index in [1.54, 1.807) is 18.6 Å². The van der Waals surface area contributed by atoms with E-state index >= 15 is 0 Å². The van der Waals surface area contributed by atoms with Gasteiger partial charge in [-0.1, -0.05) is 6.07 Å². The van der Waals surface area contributed by atoms with E-state index < -0.39 is 0 Å². The molecule has 132 valence electrons. The van der Waals surface area contributed by atoms with Gasteiger partial charge in [-0.05, 0) is 50.2 Å². The molecule has 3 rings (SSSR count). The van der Waals surface area contributed by atoms with Crippen molar-refractivity contribution in [2.75, 3.05) is 32.1 Å². The van der Waals surface area contributed by atoms with Crippen LogP contribution in [0, 0.1) is 0 Å². The zero-order valence-corrected chi connectivity index (χ0v) is 14.9. The van der Waals surface area contributed by atoms with Gasteiger partial charge in [-0.2, -0.15) is 0 Å². The predicted octanol–water partition coefficient (Wildman–Crippen LogP) is 1.94. The van der Waals surface area contributed by atoms with Crippen LogP contribution < -0.4 is 10.2 Å². The first-order valence-corrected chi connectivity index (χ1v) is 8.68. The van der Waals surface area contributed by atoms with E-state index in [4.69, 9.17) is 0 Å². The van der Waals surface area contributed by atoms with Crippen molar-refractivity contribution in [2.45, 2.75) is 25.4 Å². The molecule has 25 heavy (non-hydrogen) atoms. The minimum atomic E-state index is -0.169. The summed E-state index contributed by atoms with van der Waals surface area (Å²) in [5.74, 6) is -0.169. The summed E-state index contributed by atoms with van der Waals surface area (Å²) in [6.45, 7) is 2.56. The maximum Gasteiger partial charge on any atom is 0.270 e. The number of hydrogen-bond acceptors (Lipinski definition) is 5. The smallest absolute Gasteiger partial charge is 0.270 e. The summed E-state index contributed by atoms with van der Waals surface area (Å²) >= 11 is 0. The molecule has 1 amide bonds. The van der Waals surface area contributed by atoms with Crippen LogP contribution in [0.2, 0.25) is 0 Å². The molecule has 2 aromatic heterocycles. The summed E-state index contributed by atoms with van der Waals surface area (Å²) < 4.78 is 0. The standard InChI is InChI=1S/C19H25N5O/c1-23-10-4-6-17(23)14-24(2)16-7-9-21-18(11-16)19(25)22-13-15-5-3-8-20-12-15/h3,5,7-9,11-12,17H,4,6,10,13-14H2,1-2H3,(H,22,25). The van der Waals surface area contributed by atoms with Gasteiger partial charge in [0.25, 0.3) is 5.91 Å². The van der Waals surface area contributed by atoms with Gasteiger partial charge in [-0.3, -0.25) is 14.8 Å². The molecule has 0 aliphatic carbocycles. The van der Waals surface area contributed by atoms with E-state index in [1.165, 1.54) is 12.8 Å². The van der Waals surface area contributed by atoms with Gasteiger partial charge in [0.15, 0.2) is 0 Å². The predicted molar refractivity (Wildman–Crippen MR) is 98.6 cm³/mol. The first-order valence-electron chi connectivity index (χ1n) is 8.68. The number of carbonyl (C=O) groups excluding carboxylic acids is 1. The molecule has 0 spiro atoms. The largest absolute Gasteiger partial charge is 0.373 e. The number of carbonyl (C=O) groups is 1. The fourth-order valence-corrected chi connectivity index (χ4v) is 3.19. The SMILES string of the molecule is CN(CC1CCCN1C)c1ccnc(C(=O)NCc2cccnc2)c1. The second-order valence-corrected chi connectivity index (χ2v) is 6.60. The van der Waals surface area contributed by atoms with Gasteiger partial charge in [0.2, 0.25) is 0 Å². The van der Waals surface area contributed by atoms with E-state index in [1.807, 2.05) is 24.3 Å². The first kappa shape index (κ1) is 17.4. The lowest BCUT2D eigenvalue weighted by atomic mass is 10.2. The molecule has 1 aliphatic rings. The molecular weight excluding hydrogens is 314 g/mol. The second-order valence-electron chi connectivity index (χ2n) is 6.60. The molecule has 1 saturated heterocycles. The van der Waals surface area contributed by atoms with Crippen molar-refractivity contribution in [2.24, 2.45) is 0 Å². The van der Waals surface area contributed by atoms with Crippen LogP contribution in [0.1, 0.15) is 28.9 Å². The lowest BCUT2D eigenvalue weighted by Crippen LogP contribution is -2.36. The summed E-state index contributed by atoms with van der Waals surface area (Å²) in [4.78, 5) is 25.2. The number of pyridine rings is 2. The third-order valence-corrected chi connectivity index (χ3v) is 4.75. The minimum absolute atomic E-state index is 0.169. The van der Waals surface area contributed by atoms with Crippen LogP contribution in [-0.2, 0) is 6.54 Å². The normalized spacial score (nSPS) is 17.4. The van der Waals surface area contributed by atoms with Crippen LogP contribution in [0.15, 0.2) is 42.9 Å². The van der Waals surface area contributed by atoms with Gasteiger partial charge in [0.1, 0.15) is 5.69 Å². The lowest BCUT2D eigenvalue weighted by Gasteiger charge is -2.27. The number of likely N-dealkylation sites (tertiary alicyclic amines) is 1. The van der Waals surface area contributed by atoms with Gasteiger partial charge < -0.3 is 15.1 Å². The Labute approximate surface area is 148 Å². The number of aromatic nitrogens is 2. The highest BCUT2D eigenvalue weighted by atomic mass is 16.1. The Hall–Kier alpha value is -2.47. The highest BCUT2D eigenvalue weighted by molar-refractivity contribution is 5.93. The van der Waals surface area contributed by atoms with Crippen LogP contribution >= 0.6 is 0 Å². The first-order chi connectivity index (χ1) is 12.1. The van der Waals surface area contributed by atoms with E-state index in [0.29, 0.717) is 18.3 Å². The topological polar surface area (TPSA) is 61.4 Å². The molecule has 1 N–H and O–H groups in total. The van der Waals surface area contributed by atoms with Crippen molar-refractivity contribution in [3.8, 4) is 0 Å². The summed E-state index contributed by atoms with van der Waals surface area (Å²) in [6.07, 6.45) is 7.64. The molecule has 0 bridgehead atoms. The number of amides is 1. The Morgan fingerprint density at radius 1 is 1.40 bits per heavy atom. The Bertz CT molecular complexity index is 706. The molecule has 3 heterocycles. The molecule has 1 atom stereocenters. The van der Waals surface area contributed by atoms with Crippen molar-refractivity contribution in [1.29, 1.82) is 0 Å². The van der Waals surface area contributed by atoms with Gasteiger partial charge in [-0.15, -0.1) is 0 Å². The fourth-order valence-electron chi connectivity index (χ4n) is 3.19. The van der Waals surface area contributed by atoms with Gasteiger partial charge in [-0.25, -0.2) is 0 Å². The van der Waals surface area contributed by atoms with E-state index in [2.05, 4.69) is 39.2 Å². The monoisotopic (exact) mass is 339 g/mol. The van der Waals surface area contributed by atoms with Crippen molar-refractivity contribution >= 4 is 11.6 Å². The number of hydrogen-bond donors (Lipinski definition) is 1. The van der Waals surface area contributed by atoms with Crippen LogP contribution in [0.3, 0.4) is 0 Å².